The lowest BCUT2D eigenvalue weighted by Gasteiger charge is -2.30. The lowest BCUT2D eigenvalue weighted by molar-refractivity contribution is 0.219. The SMILES string of the molecule is CCOc1ccc([C@H](C)NC(=O)N[C@@H]2CCCC[C@@H]2C)cc1. The van der Waals surface area contributed by atoms with Gasteiger partial charge in [-0.15, -0.1) is 0 Å². The second kappa shape index (κ2) is 8.06. The molecule has 0 unspecified atom stereocenters. The van der Waals surface area contributed by atoms with Crippen LogP contribution in [-0.4, -0.2) is 18.7 Å². The van der Waals surface area contributed by atoms with E-state index >= 15 is 0 Å². The van der Waals surface area contributed by atoms with E-state index in [0.717, 1.165) is 17.7 Å². The molecule has 0 bridgehead atoms. The standard InChI is InChI=1S/C18H28N2O2/c1-4-22-16-11-9-15(10-12-16)14(3)19-18(21)20-17-8-6-5-7-13(17)2/h9-14,17H,4-8H2,1-3H3,(H2,19,20,21)/t13-,14-,17+/m0/s1. The van der Waals surface area contributed by atoms with Crippen molar-refractivity contribution < 1.29 is 9.53 Å². The summed E-state index contributed by atoms with van der Waals surface area (Å²) in [5.74, 6) is 1.43. The van der Waals surface area contributed by atoms with Gasteiger partial charge in [0.1, 0.15) is 5.75 Å². The maximum Gasteiger partial charge on any atom is 0.315 e. The molecule has 0 saturated heterocycles. The van der Waals surface area contributed by atoms with Gasteiger partial charge in [-0.25, -0.2) is 4.79 Å². The van der Waals surface area contributed by atoms with Crippen molar-refractivity contribution in [3.05, 3.63) is 29.8 Å². The van der Waals surface area contributed by atoms with E-state index in [1.54, 1.807) is 0 Å². The zero-order chi connectivity index (χ0) is 15.9. The van der Waals surface area contributed by atoms with Gasteiger partial charge in [0.05, 0.1) is 12.6 Å². The Morgan fingerprint density at radius 1 is 1.27 bits per heavy atom. The number of carbonyl (C=O) groups excluding carboxylic acids is 1. The maximum absolute atomic E-state index is 12.2. The molecular formula is C18H28N2O2. The summed E-state index contributed by atoms with van der Waals surface area (Å²) in [6, 6.07) is 8.10. The summed E-state index contributed by atoms with van der Waals surface area (Å²) < 4.78 is 5.43. The Morgan fingerprint density at radius 2 is 1.95 bits per heavy atom. The Balaban J connectivity index is 1.84. The molecule has 0 radical (unpaired) electrons. The monoisotopic (exact) mass is 304 g/mol. The fourth-order valence-corrected chi connectivity index (χ4v) is 3.04. The fourth-order valence-electron chi connectivity index (χ4n) is 3.04. The van der Waals surface area contributed by atoms with Crippen LogP contribution in [0, 0.1) is 5.92 Å². The van der Waals surface area contributed by atoms with Crippen molar-refractivity contribution in [3.8, 4) is 5.75 Å². The molecule has 2 rings (SSSR count). The van der Waals surface area contributed by atoms with Crippen molar-refractivity contribution in [3.63, 3.8) is 0 Å². The second-order valence-corrected chi connectivity index (χ2v) is 6.21. The molecule has 4 nitrogen and oxygen atoms in total. The van der Waals surface area contributed by atoms with E-state index in [1.807, 2.05) is 38.1 Å². The van der Waals surface area contributed by atoms with E-state index in [9.17, 15) is 4.79 Å². The first-order valence-corrected chi connectivity index (χ1v) is 8.40. The van der Waals surface area contributed by atoms with E-state index in [4.69, 9.17) is 4.74 Å². The molecule has 1 fully saturated rings. The highest BCUT2D eigenvalue weighted by atomic mass is 16.5. The zero-order valence-electron chi connectivity index (χ0n) is 13.9. The van der Waals surface area contributed by atoms with Gasteiger partial charge >= 0.3 is 6.03 Å². The van der Waals surface area contributed by atoms with Gasteiger partial charge in [-0.3, -0.25) is 0 Å². The van der Waals surface area contributed by atoms with Gasteiger partial charge in [0.2, 0.25) is 0 Å². The molecule has 0 spiro atoms. The zero-order valence-corrected chi connectivity index (χ0v) is 13.9. The van der Waals surface area contributed by atoms with Crippen molar-refractivity contribution >= 4 is 6.03 Å². The molecule has 0 aromatic heterocycles. The van der Waals surface area contributed by atoms with Crippen LogP contribution in [0.3, 0.4) is 0 Å². The Morgan fingerprint density at radius 3 is 2.59 bits per heavy atom. The smallest absolute Gasteiger partial charge is 0.315 e. The molecule has 2 N–H and O–H groups in total. The van der Waals surface area contributed by atoms with Gasteiger partial charge < -0.3 is 15.4 Å². The number of nitrogens with one attached hydrogen (secondary N) is 2. The Bertz CT molecular complexity index is 472. The van der Waals surface area contributed by atoms with Crippen LogP contribution < -0.4 is 15.4 Å². The van der Waals surface area contributed by atoms with E-state index in [0.29, 0.717) is 18.6 Å². The predicted molar refractivity (Wildman–Crippen MR) is 89.1 cm³/mol. The van der Waals surface area contributed by atoms with Gasteiger partial charge in [-0.1, -0.05) is 31.9 Å². The third kappa shape index (κ3) is 4.65. The third-order valence-electron chi connectivity index (χ3n) is 4.47. The van der Waals surface area contributed by atoms with Crippen LogP contribution in [0.1, 0.15) is 58.1 Å². The first kappa shape index (κ1) is 16.7. The van der Waals surface area contributed by atoms with Crippen LogP contribution in [0.2, 0.25) is 0 Å². The molecule has 1 aromatic carbocycles. The van der Waals surface area contributed by atoms with Crippen LogP contribution in [0.5, 0.6) is 5.75 Å². The molecule has 0 aliphatic heterocycles. The van der Waals surface area contributed by atoms with Crippen LogP contribution in [0.15, 0.2) is 24.3 Å². The highest BCUT2D eigenvalue weighted by Gasteiger charge is 2.23. The van der Waals surface area contributed by atoms with Gasteiger partial charge in [0.15, 0.2) is 0 Å². The average molecular weight is 304 g/mol. The number of carbonyl (C=O) groups is 1. The van der Waals surface area contributed by atoms with Crippen LogP contribution in [0.4, 0.5) is 4.79 Å². The van der Waals surface area contributed by atoms with Crippen molar-refractivity contribution in [1.29, 1.82) is 0 Å². The Kier molecular flexibility index (Phi) is 6.10. The molecule has 4 heteroatoms. The van der Waals surface area contributed by atoms with Crippen molar-refractivity contribution in [1.82, 2.24) is 10.6 Å². The highest BCUT2D eigenvalue weighted by molar-refractivity contribution is 5.74. The summed E-state index contributed by atoms with van der Waals surface area (Å²) in [6.45, 7) is 6.85. The Labute approximate surface area is 133 Å². The minimum atomic E-state index is -0.0693. The minimum absolute atomic E-state index is 0.0189. The van der Waals surface area contributed by atoms with E-state index in [1.165, 1.54) is 19.3 Å². The van der Waals surface area contributed by atoms with Crippen molar-refractivity contribution in [2.45, 2.75) is 58.5 Å². The number of ether oxygens (including phenoxy) is 1. The largest absolute Gasteiger partial charge is 0.494 e. The molecule has 1 aliphatic rings. The number of hydrogen-bond acceptors (Lipinski definition) is 2. The number of rotatable bonds is 5. The van der Waals surface area contributed by atoms with Gasteiger partial charge in [-0.05, 0) is 50.3 Å². The van der Waals surface area contributed by atoms with Crippen LogP contribution >= 0.6 is 0 Å². The predicted octanol–water partition coefficient (Wildman–Crippen LogP) is 4.02. The van der Waals surface area contributed by atoms with E-state index in [2.05, 4.69) is 17.6 Å². The number of hydrogen-bond donors (Lipinski definition) is 2. The highest BCUT2D eigenvalue weighted by Crippen LogP contribution is 2.24. The van der Waals surface area contributed by atoms with Crippen LogP contribution in [0.25, 0.3) is 0 Å². The quantitative estimate of drug-likeness (QED) is 0.863. The fraction of sp³-hybridized carbons (Fsp3) is 0.611. The normalized spacial score (nSPS) is 22.7. The summed E-state index contributed by atoms with van der Waals surface area (Å²) in [5, 5.41) is 6.15. The molecular weight excluding hydrogens is 276 g/mol. The lowest BCUT2D eigenvalue weighted by Crippen LogP contribution is -2.46. The molecule has 1 aromatic rings. The summed E-state index contributed by atoms with van der Waals surface area (Å²) in [6.07, 6.45) is 4.79. The second-order valence-electron chi connectivity index (χ2n) is 6.21. The lowest BCUT2D eigenvalue weighted by atomic mass is 9.86. The van der Waals surface area contributed by atoms with Gasteiger partial charge in [-0.2, -0.15) is 0 Å². The minimum Gasteiger partial charge on any atom is -0.494 e. The molecule has 122 valence electrons. The molecule has 1 aliphatic carbocycles. The van der Waals surface area contributed by atoms with Crippen LogP contribution in [-0.2, 0) is 0 Å². The molecule has 2 amide bonds. The maximum atomic E-state index is 12.2. The third-order valence-corrected chi connectivity index (χ3v) is 4.47. The molecule has 0 heterocycles. The summed E-state index contributed by atoms with van der Waals surface area (Å²) in [7, 11) is 0. The first-order chi connectivity index (χ1) is 10.6. The number of urea groups is 1. The van der Waals surface area contributed by atoms with E-state index in [-0.39, 0.29) is 12.1 Å². The van der Waals surface area contributed by atoms with Gasteiger partial charge in [0, 0.05) is 6.04 Å². The number of benzene rings is 1. The summed E-state index contributed by atoms with van der Waals surface area (Å²) >= 11 is 0. The molecule has 1 saturated carbocycles. The van der Waals surface area contributed by atoms with E-state index < -0.39 is 0 Å². The average Bonchev–Trinajstić information content (AvgIpc) is 2.50. The summed E-state index contributed by atoms with van der Waals surface area (Å²) in [5.41, 5.74) is 1.08. The van der Waals surface area contributed by atoms with Crippen molar-refractivity contribution in [2.75, 3.05) is 6.61 Å². The van der Waals surface area contributed by atoms with Gasteiger partial charge in [0.25, 0.3) is 0 Å². The van der Waals surface area contributed by atoms with Crippen molar-refractivity contribution in [2.24, 2.45) is 5.92 Å². The topological polar surface area (TPSA) is 50.4 Å². The molecule has 22 heavy (non-hydrogen) atoms. The Hall–Kier alpha value is -1.71. The first-order valence-electron chi connectivity index (χ1n) is 8.40. The summed E-state index contributed by atoms with van der Waals surface area (Å²) in [4.78, 5) is 12.2. The number of amides is 2. The molecule has 3 atom stereocenters.